The van der Waals surface area contributed by atoms with Gasteiger partial charge in [0, 0.05) is 24.4 Å². The molecule has 1 heterocycles. The van der Waals surface area contributed by atoms with Gasteiger partial charge in [-0.1, -0.05) is 13.3 Å². The zero-order valence-corrected chi connectivity index (χ0v) is 22.2. The van der Waals surface area contributed by atoms with Crippen LogP contribution in [-0.2, 0) is 38.0 Å². The Hall–Kier alpha value is -2.83. The van der Waals surface area contributed by atoms with E-state index in [9.17, 15) is 14.4 Å². The molecule has 0 saturated carbocycles. The summed E-state index contributed by atoms with van der Waals surface area (Å²) in [6.07, 6.45) is 4.74. The molecule has 0 saturated heterocycles. The minimum atomic E-state index is -0.371. The number of imide groups is 1. The van der Waals surface area contributed by atoms with E-state index >= 15 is 0 Å². The first kappa shape index (κ1) is 31.4. The van der Waals surface area contributed by atoms with Crippen molar-refractivity contribution in [3.05, 3.63) is 42.0 Å². The lowest BCUT2D eigenvalue weighted by atomic mass is 10.2. The van der Waals surface area contributed by atoms with Crippen molar-refractivity contribution in [2.75, 3.05) is 91.1 Å². The molecule has 11 nitrogen and oxygen atoms in total. The number of carbonyl (C=O) groups excluding carboxylic acids is 3. The van der Waals surface area contributed by atoms with Crippen LogP contribution in [0.4, 0.5) is 5.69 Å². The van der Waals surface area contributed by atoms with Gasteiger partial charge in [-0.2, -0.15) is 0 Å². The fourth-order valence-electron chi connectivity index (χ4n) is 3.20. The average molecular weight is 537 g/mol. The van der Waals surface area contributed by atoms with E-state index in [0.29, 0.717) is 65.0 Å². The summed E-state index contributed by atoms with van der Waals surface area (Å²) < 4.78 is 32.2. The van der Waals surface area contributed by atoms with Crippen molar-refractivity contribution in [2.24, 2.45) is 0 Å². The summed E-state index contributed by atoms with van der Waals surface area (Å²) >= 11 is 0. The summed E-state index contributed by atoms with van der Waals surface area (Å²) in [5.74, 6) is -0.992. The maximum Gasteiger partial charge on any atom is 0.338 e. The maximum atomic E-state index is 12.1. The van der Waals surface area contributed by atoms with Crippen LogP contribution in [0.3, 0.4) is 0 Å². The summed E-state index contributed by atoms with van der Waals surface area (Å²) in [7, 11) is 0. The molecular weight excluding hydrogens is 496 g/mol. The molecule has 1 aromatic carbocycles. The first-order valence-corrected chi connectivity index (χ1v) is 13.0. The SMILES string of the molecule is CCCCNc1ccc(C(=O)OCCOCCOCCOCCOCCOCCN2C(=O)C=CC2=O)cc1. The molecule has 0 radical (unpaired) electrons. The van der Waals surface area contributed by atoms with Crippen molar-refractivity contribution in [3.63, 3.8) is 0 Å². The van der Waals surface area contributed by atoms with Crippen LogP contribution in [0.15, 0.2) is 36.4 Å². The van der Waals surface area contributed by atoms with Crippen molar-refractivity contribution in [1.29, 1.82) is 0 Å². The molecule has 38 heavy (non-hydrogen) atoms. The Morgan fingerprint density at radius 2 is 1.18 bits per heavy atom. The average Bonchev–Trinajstić information content (AvgIpc) is 3.25. The third-order valence-electron chi connectivity index (χ3n) is 5.29. The van der Waals surface area contributed by atoms with Gasteiger partial charge in [-0.3, -0.25) is 14.5 Å². The summed E-state index contributed by atoms with van der Waals surface area (Å²) in [6.45, 7) is 7.38. The fraction of sp³-hybridized carbons (Fsp3) is 0.593. The molecule has 11 heteroatoms. The Morgan fingerprint density at radius 1 is 0.711 bits per heavy atom. The normalized spacial score (nSPS) is 12.9. The summed E-state index contributed by atoms with van der Waals surface area (Å²) in [5.41, 5.74) is 1.50. The van der Waals surface area contributed by atoms with E-state index in [1.165, 1.54) is 12.2 Å². The van der Waals surface area contributed by atoms with E-state index in [0.717, 1.165) is 30.0 Å². The molecule has 1 aliphatic heterocycles. The van der Waals surface area contributed by atoms with E-state index in [2.05, 4.69) is 12.2 Å². The Balaban J connectivity index is 1.29. The minimum absolute atomic E-state index is 0.179. The maximum absolute atomic E-state index is 12.1. The van der Waals surface area contributed by atoms with Gasteiger partial charge in [-0.25, -0.2) is 4.79 Å². The van der Waals surface area contributed by atoms with Crippen LogP contribution in [0.2, 0.25) is 0 Å². The summed E-state index contributed by atoms with van der Waals surface area (Å²) in [6, 6.07) is 7.25. The third kappa shape index (κ3) is 13.6. The smallest absolute Gasteiger partial charge is 0.338 e. The van der Waals surface area contributed by atoms with Gasteiger partial charge in [0.2, 0.25) is 0 Å². The van der Waals surface area contributed by atoms with E-state index in [4.69, 9.17) is 28.4 Å². The lowest BCUT2D eigenvalue weighted by Crippen LogP contribution is -2.33. The van der Waals surface area contributed by atoms with Crippen molar-refractivity contribution >= 4 is 23.5 Å². The van der Waals surface area contributed by atoms with Crippen LogP contribution in [-0.4, -0.2) is 108 Å². The number of benzene rings is 1. The van der Waals surface area contributed by atoms with E-state index in [1.807, 2.05) is 12.1 Å². The molecule has 0 bridgehead atoms. The number of amides is 2. The number of esters is 1. The highest BCUT2D eigenvalue weighted by Crippen LogP contribution is 2.11. The highest BCUT2D eigenvalue weighted by atomic mass is 16.6. The van der Waals surface area contributed by atoms with Crippen molar-refractivity contribution in [1.82, 2.24) is 4.90 Å². The third-order valence-corrected chi connectivity index (χ3v) is 5.29. The quantitative estimate of drug-likeness (QED) is 0.126. The molecular formula is C27H40N2O9. The predicted molar refractivity (Wildman–Crippen MR) is 140 cm³/mol. The van der Waals surface area contributed by atoms with E-state index < -0.39 is 0 Å². The monoisotopic (exact) mass is 536 g/mol. The van der Waals surface area contributed by atoms with Crippen molar-refractivity contribution in [3.8, 4) is 0 Å². The standard InChI is InChI=1S/C27H40N2O9/c1-2-3-10-28-24-6-4-23(5-7-24)27(32)38-22-21-37-20-19-36-18-17-35-16-15-34-14-13-33-12-11-29-25(30)8-9-26(29)31/h4-9,28H,2-3,10-22H2,1H3. The van der Waals surface area contributed by atoms with Gasteiger partial charge in [-0.15, -0.1) is 0 Å². The minimum Gasteiger partial charge on any atom is -0.460 e. The second-order valence-corrected chi connectivity index (χ2v) is 8.22. The van der Waals surface area contributed by atoms with Gasteiger partial charge >= 0.3 is 5.97 Å². The number of ether oxygens (including phenoxy) is 6. The van der Waals surface area contributed by atoms with Crippen molar-refractivity contribution in [2.45, 2.75) is 19.8 Å². The van der Waals surface area contributed by atoms with Crippen LogP contribution in [0.1, 0.15) is 30.1 Å². The Labute approximate surface area is 224 Å². The van der Waals surface area contributed by atoms with Crippen molar-refractivity contribution < 1.29 is 42.8 Å². The zero-order valence-electron chi connectivity index (χ0n) is 22.2. The number of hydrogen-bond acceptors (Lipinski definition) is 10. The number of carbonyl (C=O) groups is 3. The first-order valence-electron chi connectivity index (χ1n) is 13.0. The molecule has 2 rings (SSSR count). The molecule has 1 N–H and O–H groups in total. The second kappa shape index (κ2) is 20.2. The second-order valence-electron chi connectivity index (χ2n) is 8.22. The number of nitrogens with one attached hydrogen (secondary N) is 1. The molecule has 0 aromatic heterocycles. The van der Waals surface area contributed by atoms with Gasteiger partial charge in [0.1, 0.15) is 6.61 Å². The molecule has 0 unspecified atom stereocenters. The molecule has 2 amide bonds. The lowest BCUT2D eigenvalue weighted by Gasteiger charge is -2.13. The largest absolute Gasteiger partial charge is 0.460 e. The predicted octanol–water partition coefficient (Wildman–Crippen LogP) is 2.06. The molecule has 212 valence electrons. The summed E-state index contributed by atoms with van der Waals surface area (Å²) in [4.78, 5) is 35.9. The lowest BCUT2D eigenvalue weighted by molar-refractivity contribution is -0.137. The number of anilines is 1. The van der Waals surface area contributed by atoms with Gasteiger partial charge in [0.05, 0.1) is 78.2 Å². The topological polar surface area (TPSA) is 122 Å². The number of hydrogen-bond donors (Lipinski definition) is 1. The van der Waals surface area contributed by atoms with Crippen LogP contribution in [0.5, 0.6) is 0 Å². The van der Waals surface area contributed by atoms with Crippen LogP contribution < -0.4 is 5.32 Å². The molecule has 0 spiro atoms. The van der Waals surface area contributed by atoms with Crippen LogP contribution in [0, 0.1) is 0 Å². The summed E-state index contributed by atoms with van der Waals surface area (Å²) in [5, 5.41) is 3.31. The van der Waals surface area contributed by atoms with Crippen LogP contribution in [0.25, 0.3) is 0 Å². The molecule has 0 aliphatic carbocycles. The van der Waals surface area contributed by atoms with E-state index in [-0.39, 0.29) is 37.5 Å². The fourth-order valence-corrected chi connectivity index (χ4v) is 3.20. The Bertz CT molecular complexity index is 827. The van der Waals surface area contributed by atoms with Gasteiger partial charge < -0.3 is 33.7 Å². The molecule has 0 atom stereocenters. The molecule has 1 aromatic rings. The van der Waals surface area contributed by atoms with Gasteiger partial charge in [-0.05, 0) is 30.7 Å². The first-order chi connectivity index (χ1) is 18.6. The number of unbranched alkanes of at least 4 members (excludes halogenated alkanes) is 1. The Morgan fingerprint density at radius 3 is 1.68 bits per heavy atom. The van der Waals surface area contributed by atoms with Gasteiger partial charge in [0.15, 0.2) is 0 Å². The Kier molecular flexibility index (Phi) is 16.7. The molecule has 1 aliphatic rings. The number of nitrogens with zero attached hydrogens (tertiary/aromatic N) is 1. The number of rotatable bonds is 23. The highest BCUT2D eigenvalue weighted by molar-refractivity contribution is 6.12. The van der Waals surface area contributed by atoms with E-state index in [1.54, 1.807) is 12.1 Å². The van der Waals surface area contributed by atoms with Gasteiger partial charge in [0.25, 0.3) is 11.8 Å². The molecule has 0 fully saturated rings. The zero-order chi connectivity index (χ0) is 27.3. The van der Waals surface area contributed by atoms with Crippen LogP contribution >= 0.6 is 0 Å². The highest BCUT2D eigenvalue weighted by Gasteiger charge is 2.22.